The van der Waals surface area contributed by atoms with E-state index in [-0.39, 0.29) is 6.10 Å². The van der Waals surface area contributed by atoms with Gasteiger partial charge in [-0.3, -0.25) is 0 Å². The number of anilines is 1. The molecule has 0 amide bonds. The summed E-state index contributed by atoms with van der Waals surface area (Å²) in [6.07, 6.45) is 1.35. The standard InChI is InChI=1S/C16H25ClN2O/c1-4-15-11-20-12(3)10-19(15)16-8-14(17)7-6-13(16)9-18-5-2/h6-8,12,15,18H,4-5,9-11H2,1-3H3. The summed E-state index contributed by atoms with van der Waals surface area (Å²) in [7, 11) is 0. The van der Waals surface area contributed by atoms with Crippen molar-refractivity contribution >= 4 is 17.3 Å². The van der Waals surface area contributed by atoms with Gasteiger partial charge in [0.05, 0.1) is 18.8 Å². The van der Waals surface area contributed by atoms with Gasteiger partial charge in [0.25, 0.3) is 0 Å². The van der Waals surface area contributed by atoms with Crippen LogP contribution in [-0.4, -0.2) is 31.8 Å². The molecule has 112 valence electrons. The van der Waals surface area contributed by atoms with Crippen LogP contribution in [0.15, 0.2) is 18.2 Å². The van der Waals surface area contributed by atoms with Gasteiger partial charge in [0.15, 0.2) is 0 Å². The molecule has 1 N–H and O–H groups in total. The fourth-order valence-corrected chi connectivity index (χ4v) is 2.86. The van der Waals surface area contributed by atoms with Crippen LogP contribution < -0.4 is 10.2 Å². The van der Waals surface area contributed by atoms with Crippen molar-refractivity contribution < 1.29 is 4.74 Å². The molecule has 0 aliphatic carbocycles. The number of rotatable bonds is 5. The molecule has 20 heavy (non-hydrogen) atoms. The van der Waals surface area contributed by atoms with Gasteiger partial charge in [0, 0.05) is 23.8 Å². The van der Waals surface area contributed by atoms with Crippen LogP contribution in [0.25, 0.3) is 0 Å². The molecule has 1 fully saturated rings. The molecule has 0 saturated carbocycles. The van der Waals surface area contributed by atoms with E-state index in [1.54, 1.807) is 0 Å². The molecule has 1 aliphatic rings. The minimum atomic E-state index is 0.267. The lowest BCUT2D eigenvalue weighted by molar-refractivity contribution is 0.0299. The van der Waals surface area contributed by atoms with Crippen molar-refractivity contribution in [1.82, 2.24) is 5.32 Å². The molecule has 0 radical (unpaired) electrons. The Morgan fingerprint density at radius 1 is 1.40 bits per heavy atom. The van der Waals surface area contributed by atoms with E-state index >= 15 is 0 Å². The summed E-state index contributed by atoms with van der Waals surface area (Å²) >= 11 is 6.22. The summed E-state index contributed by atoms with van der Waals surface area (Å²) in [6.45, 7) is 10.0. The minimum Gasteiger partial charge on any atom is -0.375 e. The quantitative estimate of drug-likeness (QED) is 0.901. The van der Waals surface area contributed by atoms with Gasteiger partial charge < -0.3 is 15.0 Å². The van der Waals surface area contributed by atoms with Gasteiger partial charge in [-0.05, 0) is 37.6 Å². The van der Waals surface area contributed by atoms with Crippen molar-refractivity contribution in [3.05, 3.63) is 28.8 Å². The van der Waals surface area contributed by atoms with E-state index in [4.69, 9.17) is 16.3 Å². The third kappa shape index (κ3) is 3.66. The zero-order valence-corrected chi connectivity index (χ0v) is 13.4. The maximum atomic E-state index is 6.22. The highest BCUT2D eigenvalue weighted by Gasteiger charge is 2.27. The Kier molecular flexibility index (Phi) is 5.70. The Balaban J connectivity index is 2.29. The van der Waals surface area contributed by atoms with E-state index in [2.05, 4.69) is 43.1 Å². The van der Waals surface area contributed by atoms with Crippen molar-refractivity contribution in [3.63, 3.8) is 0 Å². The molecule has 4 heteroatoms. The first-order valence-electron chi connectivity index (χ1n) is 7.53. The monoisotopic (exact) mass is 296 g/mol. The van der Waals surface area contributed by atoms with E-state index in [0.29, 0.717) is 6.04 Å². The predicted octanol–water partition coefficient (Wildman–Crippen LogP) is 3.45. The number of nitrogens with zero attached hydrogens (tertiary/aromatic N) is 1. The first-order chi connectivity index (χ1) is 9.65. The molecule has 0 bridgehead atoms. The number of hydrogen-bond donors (Lipinski definition) is 1. The molecule has 0 spiro atoms. The van der Waals surface area contributed by atoms with Gasteiger partial charge in [0.2, 0.25) is 0 Å². The highest BCUT2D eigenvalue weighted by atomic mass is 35.5. The van der Waals surface area contributed by atoms with Crippen LogP contribution in [0.2, 0.25) is 5.02 Å². The topological polar surface area (TPSA) is 24.5 Å². The summed E-state index contributed by atoms with van der Waals surface area (Å²) in [5.41, 5.74) is 2.56. The fourth-order valence-electron chi connectivity index (χ4n) is 2.69. The molecule has 2 rings (SSSR count). The van der Waals surface area contributed by atoms with Crippen molar-refractivity contribution in [2.45, 2.75) is 45.9 Å². The van der Waals surface area contributed by atoms with Gasteiger partial charge in [0.1, 0.15) is 0 Å². The van der Waals surface area contributed by atoms with E-state index in [1.807, 2.05) is 6.07 Å². The lowest BCUT2D eigenvalue weighted by Crippen LogP contribution is -2.49. The minimum absolute atomic E-state index is 0.267. The second-order valence-electron chi connectivity index (χ2n) is 5.41. The number of ether oxygens (including phenoxy) is 1. The summed E-state index contributed by atoms with van der Waals surface area (Å²) in [6, 6.07) is 6.63. The molecule has 2 unspecified atom stereocenters. The van der Waals surface area contributed by atoms with Crippen LogP contribution in [-0.2, 0) is 11.3 Å². The van der Waals surface area contributed by atoms with Crippen LogP contribution in [0, 0.1) is 0 Å². The lowest BCUT2D eigenvalue weighted by atomic mass is 10.1. The SMILES string of the molecule is CCNCc1ccc(Cl)cc1N1CC(C)OCC1CC. The number of benzene rings is 1. The Bertz CT molecular complexity index is 438. The molecule has 0 aromatic heterocycles. The molecule has 1 aromatic rings. The number of morpholine rings is 1. The number of hydrogen-bond acceptors (Lipinski definition) is 3. The Morgan fingerprint density at radius 3 is 2.90 bits per heavy atom. The van der Waals surface area contributed by atoms with Gasteiger partial charge in [-0.25, -0.2) is 0 Å². The lowest BCUT2D eigenvalue weighted by Gasteiger charge is -2.41. The van der Waals surface area contributed by atoms with Gasteiger partial charge in [-0.1, -0.05) is 31.5 Å². The summed E-state index contributed by atoms with van der Waals surface area (Å²) in [5, 5.41) is 4.21. The van der Waals surface area contributed by atoms with Crippen molar-refractivity contribution in [2.75, 3.05) is 24.6 Å². The molecule has 1 aliphatic heterocycles. The Hall–Kier alpha value is -0.770. The van der Waals surface area contributed by atoms with E-state index < -0.39 is 0 Å². The van der Waals surface area contributed by atoms with E-state index in [9.17, 15) is 0 Å². The summed E-state index contributed by atoms with van der Waals surface area (Å²) < 4.78 is 5.79. The van der Waals surface area contributed by atoms with Crippen LogP contribution in [0.3, 0.4) is 0 Å². The zero-order valence-electron chi connectivity index (χ0n) is 12.7. The molecule has 3 nitrogen and oxygen atoms in total. The van der Waals surface area contributed by atoms with Crippen LogP contribution >= 0.6 is 11.6 Å². The Morgan fingerprint density at radius 2 is 2.20 bits per heavy atom. The second kappa shape index (κ2) is 7.30. The van der Waals surface area contributed by atoms with Crippen molar-refractivity contribution in [2.24, 2.45) is 0 Å². The van der Waals surface area contributed by atoms with Crippen LogP contribution in [0.4, 0.5) is 5.69 Å². The molecular formula is C16H25ClN2O. The third-order valence-electron chi connectivity index (χ3n) is 3.86. The molecule has 1 heterocycles. The number of halogens is 1. The maximum absolute atomic E-state index is 6.22. The van der Waals surface area contributed by atoms with Gasteiger partial charge in [-0.15, -0.1) is 0 Å². The highest BCUT2D eigenvalue weighted by Crippen LogP contribution is 2.29. The van der Waals surface area contributed by atoms with E-state index in [1.165, 1.54) is 11.3 Å². The average Bonchev–Trinajstić information content (AvgIpc) is 2.46. The van der Waals surface area contributed by atoms with Crippen LogP contribution in [0.1, 0.15) is 32.8 Å². The van der Waals surface area contributed by atoms with Crippen LogP contribution in [0.5, 0.6) is 0 Å². The first-order valence-corrected chi connectivity index (χ1v) is 7.90. The predicted molar refractivity (Wildman–Crippen MR) is 85.7 cm³/mol. The molecule has 1 saturated heterocycles. The Labute approximate surface area is 127 Å². The fraction of sp³-hybridized carbons (Fsp3) is 0.625. The largest absolute Gasteiger partial charge is 0.375 e. The first kappa shape index (κ1) is 15.6. The highest BCUT2D eigenvalue weighted by molar-refractivity contribution is 6.30. The van der Waals surface area contributed by atoms with Gasteiger partial charge in [-0.2, -0.15) is 0 Å². The van der Waals surface area contributed by atoms with E-state index in [0.717, 1.165) is 37.7 Å². The molecule has 2 atom stereocenters. The summed E-state index contributed by atoms with van der Waals surface area (Å²) in [5.74, 6) is 0. The summed E-state index contributed by atoms with van der Waals surface area (Å²) in [4.78, 5) is 2.46. The van der Waals surface area contributed by atoms with Crippen molar-refractivity contribution in [1.29, 1.82) is 0 Å². The average molecular weight is 297 g/mol. The molecule has 1 aromatic carbocycles. The second-order valence-corrected chi connectivity index (χ2v) is 5.85. The third-order valence-corrected chi connectivity index (χ3v) is 4.10. The number of nitrogens with one attached hydrogen (secondary N) is 1. The van der Waals surface area contributed by atoms with Gasteiger partial charge >= 0.3 is 0 Å². The smallest absolute Gasteiger partial charge is 0.0723 e. The maximum Gasteiger partial charge on any atom is 0.0723 e. The van der Waals surface area contributed by atoms with Crippen molar-refractivity contribution in [3.8, 4) is 0 Å². The molecular weight excluding hydrogens is 272 g/mol. The normalized spacial score (nSPS) is 23.1. The zero-order chi connectivity index (χ0) is 14.5.